The minimum Gasteiger partial charge on any atom is -0.394 e. The Labute approximate surface area is 269 Å². The number of fused-ring (bicyclic) bond motifs is 1. The van der Waals surface area contributed by atoms with E-state index >= 15 is 0 Å². The summed E-state index contributed by atoms with van der Waals surface area (Å²) in [4.78, 5) is 24.9. The molecule has 0 aliphatic heterocycles. The fourth-order valence-electron chi connectivity index (χ4n) is 4.45. The van der Waals surface area contributed by atoms with Crippen LogP contribution in [0.4, 0.5) is 18.9 Å². The second-order valence-electron chi connectivity index (χ2n) is 10.5. The molecule has 4 rings (SSSR count). The number of nitrogens with zero attached hydrogens (tertiary/aromatic N) is 4. The first-order valence-electron chi connectivity index (χ1n) is 14.7. The largest absolute Gasteiger partial charge is 0.417 e. The summed E-state index contributed by atoms with van der Waals surface area (Å²) in [6.07, 6.45) is 2.03. The van der Waals surface area contributed by atoms with Gasteiger partial charge in [0.15, 0.2) is 12.8 Å². The molecule has 0 aliphatic carbocycles. The summed E-state index contributed by atoms with van der Waals surface area (Å²) >= 11 is 0. The van der Waals surface area contributed by atoms with Gasteiger partial charge in [0.2, 0.25) is 5.78 Å². The Morgan fingerprint density at radius 1 is 1.06 bits per heavy atom. The van der Waals surface area contributed by atoms with Crippen LogP contribution in [0.2, 0.25) is 0 Å². The summed E-state index contributed by atoms with van der Waals surface area (Å²) in [5.41, 5.74) is 2.29. The number of rotatable bonds is 16. The van der Waals surface area contributed by atoms with Gasteiger partial charge in [0.25, 0.3) is 5.91 Å². The van der Waals surface area contributed by atoms with Crippen LogP contribution in [0.1, 0.15) is 32.6 Å². The van der Waals surface area contributed by atoms with Crippen LogP contribution >= 0.6 is 0 Å². The molecule has 0 saturated heterocycles. The number of imidazole rings is 1. The number of amides is 1. The third-order valence-corrected chi connectivity index (χ3v) is 6.82. The Morgan fingerprint density at radius 2 is 1.81 bits per heavy atom. The first kappa shape index (κ1) is 35.2. The fourth-order valence-corrected chi connectivity index (χ4v) is 4.45. The molecule has 5 N–H and O–H groups in total. The highest BCUT2D eigenvalue weighted by molar-refractivity contribution is 6.29. The first-order chi connectivity index (χ1) is 22.6. The molecular formula is C32H37F3N7O5+. The number of anilines is 1. The average molecular weight is 657 g/mol. The topological polar surface area (TPSA) is 160 Å². The molecular weight excluding hydrogens is 619 g/mol. The van der Waals surface area contributed by atoms with Gasteiger partial charge in [0.1, 0.15) is 5.71 Å². The number of benzene rings is 2. The van der Waals surface area contributed by atoms with Gasteiger partial charge in [-0.25, -0.2) is 15.0 Å². The van der Waals surface area contributed by atoms with E-state index in [1.165, 1.54) is 12.3 Å². The number of hydrazone groups is 1. The first-order valence-corrected chi connectivity index (χ1v) is 14.7. The predicted molar refractivity (Wildman–Crippen MR) is 169 cm³/mol. The van der Waals surface area contributed by atoms with E-state index in [4.69, 9.17) is 25.2 Å². The number of halogens is 3. The molecule has 15 heteroatoms. The quantitative estimate of drug-likeness (QED) is 0.0619. The Kier molecular flexibility index (Phi) is 12.5. The van der Waals surface area contributed by atoms with E-state index in [2.05, 4.69) is 25.4 Å². The minimum atomic E-state index is -4.78. The zero-order valence-electron chi connectivity index (χ0n) is 26.0. The highest BCUT2D eigenvalue weighted by atomic mass is 19.4. The van der Waals surface area contributed by atoms with E-state index < -0.39 is 23.2 Å². The lowest BCUT2D eigenvalue weighted by Crippen LogP contribution is -2.68. The van der Waals surface area contributed by atoms with Crippen LogP contribution in [0.3, 0.4) is 0 Å². The number of aliphatic hydroxyl groups is 1. The molecule has 0 bridgehead atoms. The lowest BCUT2D eigenvalue weighted by Gasteiger charge is -2.15. The van der Waals surface area contributed by atoms with E-state index in [0.29, 0.717) is 53.8 Å². The van der Waals surface area contributed by atoms with Gasteiger partial charge >= 0.3 is 6.18 Å². The van der Waals surface area contributed by atoms with Crippen molar-refractivity contribution in [3.63, 3.8) is 0 Å². The monoisotopic (exact) mass is 656 g/mol. The van der Waals surface area contributed by atoms with Crippen molar-refractivity contribution in [2.24, 2.45) is 10.9 Å². The molecule has 0 atom stereocenters. The van der Waals surface area contributed by atoms with Crippen molar-refractivity contribution >= 4 is 29.3 Å². The number of aromatic nitrogens is 3. The third kappa shape index (κ3) is 10.1. The zero-order valence-corrected chi connectivity index (χ0v) is 26.0. The molecule has 4 aromatic rings. The van der Waals surface area contributed by atoms with Crippen LogP contribution in [0.15, 0.2) is 60.1 Å². The van der Waals surface area contributed by atoms with Crippen LogP contribution in [0, 0.1) is 13.8 Å². The highest BCUT2D eigenvalue weighted by Gasteiger charge is 2.35. The molecule has 2 heterocycles. The van der Waals surface area contributed by atoms with Crippen molar-refractivity contribution < 1.29 is 42.3 Å². The number of carbonyl (C=O) groups is 1. The van der Waals surface area contributed by atoms with Gasteiger partial charge in [-0.15, -0.1) is 0 Å². The smallest absolute Gasteiger partial charge is 0.394 e. The number of hydrogen-bond donors (Lipinski definition) is 4. The van der Waals surface area contributed by atoms with Crippen LogP contribution in [0.25, 0.3) is 17.0 Å². The predicted octanol–water partition coefficient (Wildman–Crippen LogP) is 2.29. The fraction of sp³-hybridized carbons (Fsp3) is 0.344. The zero-order chi connectivity index (χ0) is 33.8. The third-order valence-electron chi connectivity index (χ3n) is 6.82. The molecule has 12 nitrogen and oxygen atoms in total. The standard InChI is InChI=1S/C32H36F3N7O5/c1-21-15-38-31-40-29(19-42(31)18-21)24-5-3-22(2)28(14-24)39-30(44)26-6-4-23(13-27(26)32(33,34)35)16-37-17-25(41-36)20-47-12-11-46-10-9-45-8-7-43/h3-6,13-15,17-19,43H,7-12,16,20,36H2,1-2H3,(H,39,44)/p+1/b37-17?,41-25+. The Morgan fingerprint density at radius 3 is 2.53 bits per heavy atom. The van der Waals surface area contributed by atoms with Crippen molar-refractivity contribution in [1.82, 2.24) is 14.4 Å². The van der Waals surface area contributed by atoms with Gasteiger partial charge in [-0.3, -0.25) is 9.20 Å². The number of nitrogens with one attached hydrogen (secondary N) is 2. The molecule has 250 valence electrons. The van der Waals surface area contributed by atoms with Crippen LogP contribution in [-0.2, 0) is 26.9 Å². The Bertz CT molecular complexity index is 1720. The van der Waals surface area contributed by atoms with Crippen LogP contribution in [-0.4, -0.2) is 83.6 Å². The Hall–Kier alpha value is -4.70. The number of carbonyl (C=O) groups excluding carboxylic acids is 1. The molecule has 0 unspecified atom stereocenters. The van der Waals surface area contributed by atoms with E-state index in [-0.39, 0.29) is 38.5 Å². The van der Waals surface area contributed by atoms with Gasteiger partial charge in [-0.05, 0) is 43.2 Å². The number of aryl methyl sites for hydroxylation is 2. The second kappa shape index (κ2) is 16.7. The van der Waals surface area contributed by atoms with Gasteiger partial charge < -0.3 is 30.5 Å². The van der Waals surface area contributed by atoms with Crippen LogP contribution in [0.5, 0.6) is 0 Å². The number of alkyl halides is 3. The van der Waals surface area contributed by atoms with Crippen molar-refractivity contribution in [2.45, 2.75) is 26.6 Å². The number of ether oxygens (including phenoxy) is 3. The van der Waals surface area contributed by atoms with Crippen molar-refractivity contribution in [3.8, 4) is 11.3 Å². The van der Waals surface area contributed by atoms with Gasteiger partial charge in [-0.2, -0.15) is 18.3 Å². The van der Waals surface area contributed by atoms with Gasteiger partial charge in [-0.1, -0.05) is 18.2 Å². The maximum Gasteiger partial charge on any atom is 0.417 e. The molecule has 0 aliphatic rings. The van der Waals surface area contributed by atoms with Crippen molar-refractivity contribution in [3.05, 3.63) is 82.8 Å². The summed E-state index contributed by atoms with van der Waals surface area (Å²) in [5.74, 6) is 5.00. The molecule has 0 radical (unpaired) electrons. The van der Waals surface area contributed by atoms with E-state index in [0.717, 1.165) is 17.7 Å². The highest BCUT2D eigenvalue weighted by Crippen LogP contribution is 2.33. The summed E-state index contributed by atoms with van der Waals surface area (Å²) in [5, 5.41) is 14.9. The van der Waals surface area contributed by atoms with E-state index in [9.17, 15) is 18.0 Å². The Balaban J connectivity index is 1.39. The summed E-state index contributed by atoms with van der Waals surface area (Å²) in [6.45, 7) is 5.18. The summed E-state index contributed by atoms with van der Waals surface area (Å²) < 4.78 is 60.0. The maximum atomic E-state index is 14.1. The SMILES string of the molecule is Cc1cnc2nc(-c3ccc(C)c(NC(=O)c4ccc(C[NH+]=C/C(COCCOCCOCCO)=N\N)cc4C(F)(F)F)c3)cn2c1. The van der Waals surface area contributed by atoms with Crippen LogP contribution < -0.4 is 16.2 Å². The molecule has 2 aromatic heterocycles. The molecule has 0 saturated carbocycles. The summed E-state index contributed by atoms with van der Waals surface area (Å²) in [7, 11) is 0. The molecule has 0 spiro atoms. The molecule has 1 amide bonds. The minimum absolute atomic E-state index is 0.00942. The van der Waals surface area contributed by atoms with Crippen molar-refractivity contribution in [1.29, 1.82) is 0 Å². The molecule has 47 heavy (non-hydrogen) atoms. The number of aliphatic hydroxyl groups excluding tert-OH is 1. The van der Waals surface area contributed by atoms with E-state index in [1.54, 1.807) is 35.9 Å². The van der Waals surface area contributed by atoms with Gasteiger partial charge in [0, 0.05) is 35.4 Å². The maximum absolute atomic E-state index is 14.1. The van der Waals surface area contributed by atoms with E-state index in [1.807, 2.05) is 19.2 Å². The molecule has 0 fully saturated rings. The van der Waals surface area contributed by atoms with Gasteiger partial charge in [0.05, 0.1) is 63.1 Å². The average Bonchev–Trinajstić information content (AvgIpc) is 3.47. The second-order valence-corrected chi connectivity index (χ2v) is 10.5. The number of nitrogens with two attached hydrogens (primary N) is 1. The number of hydrogen-bond acceptors (Lipinski definition) is 9. The normalized spacial score (nSPS) is 12.3. The van der Waals surface area contributed by atoms with Crippen molar-refractivity contribution in [2.75, 3.05) is 51.6 Å². The lowest BCUT2D eigenvalue weighted by atomic mass is 10.0. The molecule has 2 aromatic carbocycles. The summed E-state index contributed by atoms with van der Waals surface area (Å²) in [6, 6.07) is 8.78. The lowest BCUT2D eigenvalue weighted by molar-refractivity contribution is -0.468.